The SMILES string of the molecule is Cc1ccc(N(c2ccc(C)cc2)c2ccc(-c3c4ccccc4c(-c4ccc(C5Cc6ccccc6C5(c5ccccc5)c5ccccc5)cc4)c4ccccc34)cc2)cc1. The molecule has 0 aliphatic heterocycles. The van der Waals surface area contributed by atoms with Gasteiger partial charge in [0.2, 0.25) is 0 Å². The minimum atomic E-state index is -0.311. The van der Waals surface area contributed by atoms with Gasteiger partial charge in [-0.1, -0.05) is 205 Å². The van der Waals surface area contributed by atoms with Crippen LogP contribution in [0.3, 0.4) is 0 Å². The summed E-state index contributed by atoms with van der Waals surface area (Å²) in [5.74, 6) is 0.227. The summed E-state index contributed by atoms with van der Waals surface area (Å²) < 4.78 is 0. The highest BCUT2D eigenvalue weighted by Crippen LogP contribution is 2.57. The molecule has 10 aromatic rings. The lowest BCUT2D eigenvalue weighted by atomic mass is 9.63. The van der Waals surface area contributed by atoms with Gasteiger partial charge in [0.1, 0.15) is 0 Å². The van der Waals surface area contributed by atoms with E-state index in [2.05, 4.69) is 249 Å². The Morgan fingerprint density at radius 1 is 0.371 bits per heavy atom. The Morgan fingerprint density at radius 2 is 0.742 bits per heavy atom. The first-order valence-electron chi connectivity index (χ1n) is 21.8. The van der Waals surface area contributed by atoms with Gasteiger partial charge in [0.25, 0.3) is 0 Å². The van der Waals surface area contributed by atoms with Gasteiger partial charge in [-0.25, -0.2) is 0 Å². The summed E-state index contributed by atoms with van der Waals surface area (Å²) in [6, 6.07) is 85.8. The van der Waals surface area contributed by atoms with Crippen LogP contribution in [-0.2, 0) is 11.8 Å². The first-order valence-corrected chi connectivity index (χ1v) is 21.8. The number of anilines is 3. The Kier molecular flexibility index (Phi) is 9.39. The summed E-state index contributed by atoms with van der Waals surface area (Å²) >= 11 is 0. The molecule has 0 bridgehead atoms. The average molecular weight is 794 g/mol. The van der Waals surface area contributed by atoms with E-state index < -0.39 is 0 Å². The number of hydrogen-bond acceptors (Lipinski definition) is 1. The quantitative estimate of drug-likeness (QED) is 0.139. The zero-order chi connectivity index (χ0) is 41.6. The van der Waals surface area contributed by atoms with Crippen LogP contribution in [0.25, 0.3) is 43.8 Å². The molecule has 0 saturated heterocycles. The third-order valence-corrected chi connectivity index (χ3v) is 13.4. The second-order valence-electron chi connectivity index (χ2n) is 17.0. The number of benzene rings is 10. The molecule has 0 amide bonds. The fourth-order valence-electron chi connectivity index (χ4n) is 10.5. The number of fused-ring (bicyclic) bond motifs is 3. The van der Waals surface area contributed by atoms with E-state index in [1.54, 1.807) is 0 Å². The summed E-state index contributed by atoms with van der Waals surface area (Å²) in [5.41, 5.74) is 17.4. The van der Waals surface area contributed by atoms with Crippen molar-refractivity contribution in [1.29, 1.82) is 0 Å². The lowest BCUT2D eigenvalue weighted by Gasteiger charge is -2.38. The van der Waals surface area contributed by atoms with Gasteiger partial charge >= 0.3 is 0 Å². The minimum absolute atomic E-state index is 0.227. The molecule has 62 heavy (non-hydrogen) atoms. The molecule has 1 unspecified atom stereocenters. The van der Waals surface area contributed by atoms with Crippen LogP contribution in [0.1, 0.15) is 44.9 Å². The molecule has 0 aromatic heterocycles. The van der Waals surface area contributed by atoms with Crippen LogP contribution in [0, 0.1) is 13.8 Å². The summed E-state index contributed by atoms with van der Waals surface area (Å²) in [6.07, 6.45) is 0.979. The zero-order valence-electron chi connectivity index (χ0n) is 35.2. The minimum Gasteiger partial charge on any atom is -0.311 e. The molecule has 0 spiro atoms. The number of hydrogen-bond donors (Lipinski definition) is 0. The molecular formula is C61H47N. The molecule has 0 N–H and O–H groups in total. The van der Waals surface area contributed by atoms with Gasteiger partial charge in [-0.15, -0.1) is 0 Å². The van der Waals surface area contributed by atoms with E-state index in [0.29, 0.717) is 0 Å². The van der Waals surface area contributed by atoms with Crippen molar-refractivity contribution >= 4 is 38.6 Å². The highest BCUT2D eigenvalue weighted by molar-refractivity contribution is 6.21. The van der Waals surface area contributed by atoms with E-state index in [1.807, 2.05) is 0 Å². The van der Waals surface area contributed by atoms with Crippen molar-refractivity contribution in [3.05, 3.63) is 269 Å². The normalized spacial score (nSPS) is 14.2. The summed E-state index contributed by atoms with van der Waals surface area (Å²) in [4.78, 5) is 2.35. The molecule has 1 atom stereocenters. The van der Waals surface area contributed by atoms with Gasteiger partial charge in [0.05, 0.1) is 5.41 Å². The largest absolute Gasteiger partial charge is 0.311 e. The average Bonchev–Trinajstić information content (AvgIpc) is 3.69. The van der Waals surface area contributed by atoms with E-state index in [9.17, 15) is 0 Å². The second kappa shape index (κ2) is 15.5. The van der Waals surface area contributed by atoms with Crippen LogP contribution in [0.2, 0.25) is 0 Å². The van der Waals surface area contributed by atoms with Crippen LogP contribution in [-0.4, -0.2) is 0 Å². The van der Waals surface area contributed by atoms with E-state index in [4.69, 9.17) is 0 Å². The molecule has 0 heterocycles. The molecular weight excluding hydrogens is 747 g/mol. The third kappa shape index (κ3) is 6.24. The second-order valence-corrected chi connectivity index (χ2v) is 17.0. The van der Waals surface area contributed by atoms with Crippen LogP contribution in [0.4, 0.5) is 17.1 Å². The van der Waals surface area contributed by atoms with Crippen molar-refractivity contribution in [2.45, 2.75) is 31.6 Å². The van der Waals surface area contributed by atoms with Gasteiger partial charge in [0, 0.05) is 23.0 Å². The van der Waals surface area contributed by atoms with Crippen molar-refractivity contribution < 1.29 is 0 Å². The lowest BCUT2D eigenvalue weighted by molar-refractivity contribution is 0.520. The molecule has 0 fully saturated rings. The molecule has 1 aliphatic rings. The molecule has 296 valence electrons. The first kappa shape index (κ1) is 37.5. The zero-order valence-corrected chi connectivity index (χ0v) is 35.2. The van der Waals surface area contributed by atoms with E-state index in [1.165, 1.54) is 82.7 Å². The highest BCUT2D eigenvalue weighted by Gasteiger charge is 2.49. The molecule has 11 rings (SSSR count). The van der Waals surface area contributed by atoms with Crippen molar-refractivity contribution in [2.24, 2.45) is 0 Å². The van der Waals surface area contributed by atoms with Gasteiger partial charge in [-0.2, -0.15) is 0 Å². The standard InChI is InChI=1S/C61H47N/c1-42-25-35-50(36-26-42)62(51-37-27-43(2)28-38-51)52-39-33-46(34-40-52)60-55-22-12-10-20-53(55)59(54-21-11-13-23-56(54)60)45-31-29-44(30-32-45)58-41-47-15-9-14-24-57(47)61(58,48-16-5-3-6-17-48)49-18-7-4-8-19-49/h3-40,58H,41H2,1-2H3. The fraction of sp³-hybridized carbons (Fsp3) is 0.0820. The monoisotopic (exact) mass is 793 g/mol. The Balaban J connectivity index is 1.03. The fourth-order valence-corrected chi connectivity index (χ4v) is 10.5. The predicted octanol–water partition coefficient (Wildman–Crippen LogP) is 16.1. The lowest BCUT2D eigenvalue weighted by Crippen LogP contribution is -2.33. The van der Waals surface area contributed by atoms with Crippen LogP contribution < -0.4 is 4.90 Å². The molecule has 10 aromatic carbocycles. The van der Waals surface area contributed by atoms with E-state index in [0.717, 1.165) is 23.5 Å². The summed E-state index contributed by atoms with van der Waals surface area (Å²) in [7, 11) is 0. The molecule has 0 saturated carbocycles. The van der Waals surface area contributed by atoms with E-state index >= 15 is 0 Å². The Morgan fingerprint density at radius 3 is 1.19 bits per heavy atom. The first-order chi connectivity index (χ1) is 30.6. The Bertz CT molecular complexity index is 3040. The van der Waals surface area contributed by atoms with Gasteiger partial charge in [0.15, 0.2) is 0 Å². The molecule has 0 radical (unpaired) electrons. The van der Waals surface area contributed by atoms with Crippen molar-refractivity contribution in [1.82, 2.24) is 0 Å². The van der Waals surface area contributed by atoms with Gasteiger partial charge in [-0.05, 0) is 128 Å². The predicted molar refractivity (Wildman–Crippen MR) is 262 cm³/mol. The topological polar surface area (TPSA) is 3.24 Å². The van der Waals surface area contributed by atoms with Crippen LogP contribution in [0.15, 0.2) is 231 Å². The van der Waals surface area contributed by atoms with Crippen LogP contribution in [0.5, 0.6) is 0 Å². The number of rotatable bonds is 8. The van der Waals surface area contributed by atoms with Crippen molar-refractivity contribution in [3.63, 3.8) is 0 Å². The smallest absolute Gasteiger partial charge is 0.0525 e. The third-order valence-electron chi connectivity index (χ3n) is 13.4. The van der Waals surface area contributed by atoms with Gasteiger partial charge in [-0.3, -0.25) is 0 Å². The molecule has 1 aliphatic carbocycles. The Hall–Kier alpha value is -7.48. The maximum atomic E-state index is 2.41. The number of aryl methyl sites for hydroxylation is 2. The molecule has 1 nitrogen and oxygen atoms in total. The number of nitrogens with zero attached hydrogens (tertiary/aromatic N) is 1. The summed E-state index contributed by atoms with van der Waals surface area (Å²) in [6.45, 7) is 4.28. The van der Waals surface area contributed by atoms with Crippen LogP contribution >= 0.6 is 0 Å². The molecule has 1 heteroatoms. The Labute approximate surface area is 365 Å². The van der Waals surface area contributed by atoms with Crippen molar-refractivity contribution in [3.8, 4) is 22.3 Å². The maximum Gasteiger partial charge on any atom is 0.0525 e. The van der Waals surface area contributed by atoms with Gasteiger partial charge < -0.3 is 4.90 Å². The summed E-state index contributed by atoms with van der Waals surface area (Å²) in [5, 5.41) is 5.03. The van der Waals surface area contributed by atoms with E-state index in [-0.39, 0.29) is 11.3 Å². The maximum absolute atomic E-state index is 2.41. The van der Waals surface area contributed by atoms with Crippen molar-refractivity contribution in [2.75, 3.05) is 4.90 Å². The highest BCUT2D eigenvalue weighted by atomic mass is 15.1.